The minimum Gasteiger partial charge on any atom is -0.492 e. The van der Waals surface area contributed by atoms with Crippen LogP contribution in [0.25, 0.3) is 0 Å². The Bertz CT molecular complexity index is 638. The summed E-state index contributed by atoms with van der Waals surface area (Å²) in [5.74, 6) is 0.736. The summed E-state index contributed by atoms with van der Waals surface area (Å²) in [6.45, 7) is 2.94. The fourth-order valence-corrected chi connectivity index (χ4v) is 2.07. The van der Waals surface area contributed by atoms with Crippen LogP contribution in [0.3, 0.4) is 0 Å². The van der Waals surface area contributed by atoms with Crippen molar-refractivity contribution in [3.63, 3.8) is 0 Å². The van der Waals surface area contributed by atoms with Crippen molar-refractivity contribution in [1.82, 2.24) is 5.32 Å². The zero-order valence-corrected chi connectivity index (χ0v) is 13.3. The summed E-state index contributed by atoms with van der Waals surface area (Å²) in [6.07, 6.45) is 0. The average molecular weight is 298 g/mol. The number of rotatable bonds is 6. The lowest BCUT2D eigenvalue weighted by molar-refractivity contribution is 0.0947. The number of hydrogen-bond acceptors (Lipinski definition) is 3. The van der Waals surface area contributed by atoms with Crippen molar-refractivity contribution in [3.05, 3.63) is 59.7 Å². The highest BCUT2D eigenvalue weighted by molar-refractivity contribution is 5.95. The zero-order chi connectivity index (χ0) is 15.9. The lowest BCUT2D eigenvalue weighted by Gasteiger charge is -2.13. The zero-order valence-electron chi connectivity index (χ0n) is 13.3. The van der Waals surface area contributed by atoms with Crippen LogP contribution in [-0.2, 0) is 0 Å². The molecule has 0 aliphatic rings. The Morgan fingerprint density at radius 1 is 1.14 bits per heavy atom. The summed E-state index contributed by atoms with van der Waals surface area (Å²) in [4.78, 5) is 14.1. The van der Waals surface area contributed by atoms with Crippen LogP contribution >= 0.6 is 0 Å². The molecule has 0 unspecified atom stereocenters. The second-order valence-corrected chi connectivity index (χ2v) is 5.37. The van der Waals surface area contributed by atoms with Crippen molar-refractivity contribution in [1.29, 1.82) is 0 Å². The van der Waals surface area contributed by atoms with E-state index in [0.29, 0.717) is 18.7 Å². The quantitative estimate of drug-likeness (QED) is 0.834. The molecule has 2 rings (SSSR count). The van der Waals surface area contributed by atoms with Gasteiger partial charge in [0.15, 0.2) is 0 Å². The van der Waals surface area contributed by atoms with Gasteiger partial charge in [-0.15, -0.1) is 0 Å². The molecule has 116 valence electrons. The third-order valence-corrected chi connectivity index (χ3v) is 3.27. The maximum Gasteiger partial charge on any atom is 0.251 e. The molecule has 0 heterocycles. The molecule has 0 spiro atoms. The van der Waals surface area contributed by atoms with Gasteiger partial charge in [-0.1, -0.05) is 18.2 Å². The fourth-order valence-electron chi connectivity index (χ4n) is 2.07. The Balaban J connectivity index is 1.82. The summed E-state index contributed by atoms with van der Waals surface area (Å²) >= 11 is 0. The summed E-state index contributed by atoms with van der Waals surface area (Å²) < 4.78 is 5.61. The maximum absolute atomic E-state index is 12.1. The van der Waals surface area contributed by atoms with Gasteiger partial charge in [0.1, 0.15) is 12.4 Å². The van der Waals surface area contributed by atoms with Crippen LogP contribution in [0.2, 0.25) is 0 Å². The molecule has 2 aromatic carbocycles. The molecule has 0 radical (unpaired) electrons. The molecule has 0 aromatic heterocycles. The molecule has 0 saturated carbocycles. The van der Waals surface area contributed by atoms with Crippen LogP contribution < -0.4 is 15.0 Å². The Hall–Kier alpha value is -2.49. The van der Waals surface area contributed by atoms with E-state index < -0.39 is 0 Å². The van der Waals surface area contributed by atoms with Crippen molar-refractivity contribution in [2.45, 2.75) is 6.92 Å². The van der Waals surface area contributed by atoms with Gasteiger partial charge in [-0.2, -0.15) is 0 Å². The molecule has 0 aliphatic carbocycles. The normalized spacial score (nSPS) is 10.1. The third kappa shape index (κ3) is 4.52. The van der Waals surface area contributed by atoms with Crippen molar-refractivity contribution < 1.29 is 9.53 Å². The Morgan fingerprint density at radius 3 is 2.64 bits per heavy atom. The second kappa shape index (κ2) is 7.50. The molecule has 0 aliphatic heterocycles. The molecule has 0 saturated heterocycles. The van der Waals surface area contributed by atoms with Gasteiger partial charge >= 0.3 is 0 Å². The lowest BCUT2D eigenvalue weighted by atomic mass is 10.2. The maximum atomic E-state index is 12.1. The van der Waals surface area contributed by atoms with E-state index in [1.54, 1.807) is 0 Å². The van der Waals surface area contributed by atoms with E-state index in [0.717, 1.165) is 17.0 Å². The second-order valence-electron chi connectivity index (χ2n) is 5.37. The van der Waals surface area contributed by atoms with Gasteiger partial charge in [0, 0.05) is 25.3 Å². The van der Waals surface area contributed by atoms with Crippen LogP contribution in [0.1, 0.15) is 15.9 Å². The highest BCUT2D eigenvalue weighted by Crippen LogP contribution is 2.13. The van der Waals surface area contributed by atoms with E-state index >= 15 is 0 Å². The number of carbonyl (C=O) groups excluding carboxylic acids is 1. The largest absolute Gasteiger partial charge is 0.492 e. The Kier molecular flexibility index (Phi) is 5.42. The number of nitrogens with one attached hydrogen (secondary N) is 1. The first kappa shape index (κ1) is 15.9. The third-order valence-electron chi connectivity index (χ3n) is 3.27. The summed E-state index contributed by atoms with van der Waals surface area (Å²) in [5, 5.41) is 2.87. The number of aryl methyl sites for hydroxylation is 1. The molecule has 4 nitrogen and oxygen atoms in total. The van der Waals surface area contributed by atoms with Gasteiger partial charge in [-0.05, 0) is 42.8 Å². The lowest BCUT2D eigenvalue weighted by Crippen LogP contribution is -2.28. The van der Waals surface area contributed by atoms with Gasteiger partial charge < -0.3 is 15.0 Å². The number of benzene rings is 2. The predicted molar refractivity (Wildman–Crippen MR) is 89.8 cm³/mol. The Morgan fingerprint density at radius 2 is 1.91 bits per heavy atom. The number of nitrogens with zero attached hydrogens (tertiary/aromatic N) is 1. The molecule has 0 bridgehead atoms. The van der Waals surface area contributed by atoms with Crippen LogP contribution in [0.4, 0.5) is 5.69 Å². The standard InChI is InChI=1S/C18H22N2O2/c1-14-6-4-9-17(12-14)22-11-10-19-18(21)15-7-5-8-16(13-15)20(2)3/h4-9,12-13H,10-11H2,1-3H3,(H,19,21). The number of ether oxygens (including phenoxy) is 1. The van der Waals surface area contributed by atoms with Crippen molar-refractivity contribution >= 4 is 11.6 Å². The summed E-state index contributed by atoms with van der Waals surface area (Å²) in [6, 6.07) is 15.4. The molecule has 2 aromatic rings. The number of anilines is 1. The topological polar surface area (TPSA) is 41.6 Å². The first-order valence-corrected chi connectivity index (χ1v) is 7.31. The highest BCUT2D eigenvalue weighted by Gasteiger charge is 2.06. The molecule has 1 N–H and O–H groups in total. The average Bonchev–Trinajstić information content (AvgIpc) is 2.51. The number of hydrogen-bond donors (Lipinski definition) is 1. The van der Waals surface area contributed by atoms with E-state index in [2.05, 4.69) is 5.32 Å². The van der Waals surface area contributed by atoms with Crippen LogP contribution in [-0.4, -0.2) is 33.2 Å². The smallest absolute Gasteiger partial charge is 0.251 e. The monoisotopic (exact) mass is 298 g/mol. The van der Waals surface area contributed by atoms with Gasteiger partial charge in [0.25, 0.3) is 5.91 Å². The first-order chi connectivity index (χ1) is 10.6. The number of amides is 1. The molecule has 22 heavy (non-hydrogen) atoms. The molecular formula is C18H22N2O2. The molecule has 1 amide bonds. The van der Waals surface area contributed by atoms with E-state index in [1.807, 2.05) is 74.4 Å². The van der Waals surface area contributed by atoms with Crippen molar-refractivity contribution in [2.75, 3.05) is 32.1 Å². The fraction of sp³-hybridized carbons (Fsp3) is 0.278. The summed E-state index contributed by atoms with van der Waals surface area (Å²) in [5.41, 5.74) is 2.81. The molecule has 0 atom stereocenters. The minimum absolute atomic E-state index is 0.0865. The molecule has 0 fully saturated rings. The van der Waals surface area contributed by atoms with Crippen LogP contribution in [0.15, 0.2) is 48.5 Å². The van der Waals surface area contributed by atoms with E-state index in [-0.39, 0.29) is 5.91 Å². The van der Waals surface area contributed by atoms with Gasteiger partial charge in [-0.25, -0.2) is 0 Å². The van der Waals surface area contributed by atoms with Crippen molar-refractivity contribution in [2.24, 2.45) is 0 Å². The van der Waals surface area contributed by atoms with Crippen LogP contribution in [0.5, 0.6) is 5.75 Å². The highest BCUT2D eigenvalue weighted by atomic mass is 16.5. The SMILES string of the molecule is Cc1cccc(OCCNC(=O)c2cccc(N(C)C)c2)c1. The minimum atomic E-state index is -0.0865. The van der Waals surface area contributed by atoms with E-state index in [9.17, 15) is 4.79 Å². The first-order valence-electron chi connectivity index (χ1n) is 7.31. The van der Waals surface area contributed by atoms with E-state index in [4.69, 9.17) is 4.74 Å². The Labute approximate surface area is 131 Å². The van der Waals surface area contributed by atoms with Gasteiger partial charge in [0.05, 0.1) is 6.54 Å². The van der Waals surface area contributed by atoms with Crippen LogP contribution in [0, 0.1) is 6.92 Å². The van der Waals surface area contributed by atoms with Crippen molar-refractivity contribution in [3.8, 4) is 5.75 Å². The summed E-state index contributed by atoms with van der Waals surface area (Å²) in [7, 11) is 3.90. The van der Waals surface area contributed by atoms with Gasteiger partial charge in [-0.3, -0.25) is 4.79 Å². The molecule has 4 heteroatoms. The predicted octanol–water partition coefficient (Wildman–Crippen LogP) is 2.87. The van der Waals surface area contributed by atoms with E-state index in [1.165, 1.54) is 0 Å². The number of carbonyl (C=O) groups is 1. The van der Waals surface area contributed by atoms with Gasteiger partial charge in [0.2, 0.25) is 0 Å². The molecular weight excluding hydrogens is 276 g/mol.